The molecule has 5 nitrogen and oxygen atoms in total. The van der Waals surface area contributed by atoms with Crippen molar-refractivity contribution in [1.29, 1.82) is 0 Å². The van der Waals surface area contributed by atoms with E-state index in [0.717, 1.165) is 28.8 Å². The molecule has 0 aliphatic heterocycles. The van der Waals surface area contributed by atoms with E-state index in [-0.39, 0.29) is 27.8 Å². The van der Waals surface area contributed by atoms with Gasteiger partial charge in [-0.1, -0.05) is 34.5 Å². The van der Waals surface area contributed by atoms with Gasteiger partial charge in [0, 0.05) is 23.3 Å². The fourth-order valence-electron chi connectivity index (χ4n) is 3.25. The number of rotatable bonds is 5. The molecule has 31 heavy (non-hydrogen) atoms. The molecule has 2 aromatic carbocycles. The average molecular weight is 481 g/mol. The van der Waals surface area contributed by atoms with E-state index in [2.05, 4.69) is 10.1 Å². The molecule has 2 heterocycles. The summed E-state index contributed by atoms with van der Waals surface area (Å²) in [7, 11) is 0. The third-order valence-electron chi connectivity index (χ3n) is 4.68. The van der Waals surface area contributed by atoms with Gasteiger partial charge in [0.2, 0.25) is 0 Å². The molecule has 1 amide bonds. The summed E-state index contributed by atoms with van der Waals surface area (Å²) in [6, 6.07) is 8.45. The van der Waals surface area contributed by atoms with Crippen LogP contribution in [0.5, 0.6) is 0 Å². The molecule has 0 bridgehead atoms. The van der Waals surface area contributed by atoms with Gasteiger partial charge in [-0.3, -0.25) is 14.4 Å². The number of thiazole rings is 1. The number of fused-ring (bicyclic) bond motifs is 1. The molecular weight excluding hydrogens is 465 g/mol. The zero-order valence-corrected chi connectivity index (χ0v) is 18.8. The molecule has 0 aliphatic carbocycles. The molecule has 0 aliphatic rings. The van der Waals surface area contributed by atoms with Gasteiger partial charge in [0.15, 0.2) is 10.9 Å². The largest absolute Gasteiger partial charge is 0.282 e. The zero-order valence-electron chi connectivity index (χ0n) is 16.5. The minimum Gasteiger partial charge on any atom is -0.282 e. The summed E-state index contributed by atoms with van der Waals surface area (Å²) in [5.41, 5.74) is 2.03. The molecule has 4 rings (SSSR count). The summed E-state index contributed by atoms with van der Waals surface area (Å²) in [4.78, 5) is 19.1. The van der Waals surface area contributed by atoms with E-state index < -0.39 is 17.5 Å². The fraction of sp³-hybridized carbons (Fsp3) is 0.190. The lowest BCUT2D eigenvalue weighted by Crippen LogP contribution is -2.34. The molecule has 4 aromatic rings. The second kappa shape index (κ2) is 8.53. The highest BCUT2D eigenvalue weighted by atomic mass is 35.5. The number of nitrogens with zero attached hydrogens (tertiary/aromatic N) is 4. The van der Waals surface area contributed by atoms with Crippen molar-refractivity contribution >= 4 is 55.8 Å². The predicted molar refractivity (Wildman–Crippen MR) is 119 cm³/mol. The van der Waals surface area contributed by atoms with E-state index in [9.17, 15) is 13.6 Å². The highest BCUT2D eigenvalue weighted by Gasteiger charge is 2.24. The molecule has 10 heteroatoms. The quantitative estimate of drug-likeness (QED) is 0.349. The van der Waals surface area contributed by atoms with Crippen LogP contribution >= 0.6 is 34.5 Å². The number of aryl methyl sites for hydroxylation is 2. The summed E-state index contributed by atoms with van der Waals surface area (Å²) in [5.74, 6) is -1.92. The second-order valence-electron chi connectivity index (χ2n) is 6.96. The fourth-order valence-corrected chi connectivity index (χ4v) is 4.77. The van der Waals surface area contributed by atoms with Gasteiger partial charge in [-0.15, -0.1) is 0 Å². The van der Waals surface area contributed by atoms with Gasteiger partial charge >= 0.3 is 0 Å². The highest BCUT2D eigenvalue weighted by molar-refractivity contribution is 7.22. The summed E-state index contributed by atoms with van der Waals surface area (Å²) in [5, 5.41) is 5.23. The van der Waals surface area contributed by atoms with Crippen LogP contribution in [-0.2, 0) is 6.54 Å². The molecule has 2 aromatic heterocycles. The normalized spacial score (nSPS) is 11.3. The Hall–Kier alpha value is -2.55. The topological polar surface area (TPSA) is 51.0 Å². The SMILES string of the molecule is Cc1cc(C)n(CCN(C(=O)c2ccc(Cl)cc2Cl)c2nc3c(F)cc(F)cc3s2)n1. The van der Waals surface area contributed by atoms with E-state index in [4.69, 9.17) is 23.2 Å². The summed E-state index contributed by atoms with van der Waals surface area (Å²) in [6.07, 6.45) is 0. The molecule has 0 radical (unpaired) electrons. The maximum atomic E-state index is 14.2. The minimum absolute atomic E-state index is 0.00696. The van der Waals surface area contributed by atoms with Crippen molar-refractivity contribution in [1.82, 2.24) is 14.8 Å². The zero-order chi connectivity index (χ0) is 22.3. The van der Waals surface area contributed by atoms with Crippen LogP contribution in [0.15, 0.2) is 36.4 Å². The Labute approximate surface area is 190 Å². The second-order valence-corrected chi connectivity index (χ2v) is 8.81. The van der Waals surface area contributed by atoms with E-state index in [1.807, 2.05) is 19.9 Å². The van der Waals surface area contributed by atoms with Gasteiger partial charge in [-0.25, -0.2) is 13.8 Å². The van der Waals surface area contributed by atoms with Crippen molar-refractivity contribution in [2.24, 2.45) is 0 Å². The Kier molecular flexibility index (Phi) is 5.96. The number of benzene rings is 2. The van der Waals surface area contributed by atoms with Crippen LogP contribution < -0.4 is 4.90 Å². The molecule has 0 atom stereocenters. The van der Waals surface area contributed by atoms with E-state index in [0.29, 0.717) is 16.3 Å². The van der Waals surface area contributed by atoms with E-state index in [1.54, 1.807) is 10.7 Å². The number of aromatic nitrogens is 3. The predicted octanol–water partition coefficient (Wildman–Crippen LogP) is 6.04. The first-order chi connectivity index (χ1) is 14.7. The van der Waals surface area contributed by atoms with Crippen LogP contribution in [0, 0.1) is 25.5 Å². The average Bonchev–Trinajstić information content (AvgIpc) is 3.24. The Bertz CT molecular complexity index is 1300. The lowest BCUT2D eigenvalue weighted by molar-refractivity contribution is 0.0986. The number of halogens is 4. The van der Waals surface area contributed by atoms with Crippen molar-refractivity contribution in [2.75, 3.05) is 11.4 Å². The molecule has 0 fully saturated rings. The van der Waals surface area contributed by atoms with Crippen LogP contribution in [0.1, 0.15) is 21.7 Å². The van der Waals surface area contributed by atoms with Crippen LogP contribution in [0.3, 0.4) is 0 Å². The Morgan fingerprint density at radius 3 is 2.61 bits per heavy atom. The first-order valence-corrected chi connectivity index (χ1v) is 10.8. The standard InChI is InChI=1S/C21H16Cl2F2N4OS/c1-11-7-12(2)29(27-11)6-5-28(20(30)15-4-3-13(22)8-16(15)23)21-26-19-17(25)9-14(24)10-18(19)31-21/h3-4,7-10H,5-6H2,1-2H3. The molecule has 0 unspecified atom stereocenters. The number of anilines is 1. The molecule has 0 N–H and O–H groups in total. The van der Waals surface area contributed by atoms with Gasteiger partial charge in [-0.05, 0) is 44.2 Å². The molecular formula is C21H16Cl2F2N4OS. The highest BCUT2D eigenvalue weighted by Crippen LogP contribution is 2.33. The maximum absolute atomic E-state index is 14.2. The third-order valence-corrected chi connectivity index (χ3v) is 6.25. The summed E-state index contributed by atoms with van der Waals surface area (Å²) in [6.45, 7) is 4.37. The third kappa shape index (κ3) is 4.42. The van der Waals surface area contributed by atoms with Crippen LogP contribution in [-0.4, -0.2) is 27.2 Å². The van der Waals surface area contributed by atoms with Crippen LogP contribution in [0.4, 0.5) is 13.9 Å². The van der Waals surface area contributed by atoms with E-state index >= 15 is 0 Å². The van der Waals surface area contributed by atoms with Gasteiger partial charge in [0.1, 0.15) is 11.3 Å². The Morgan fingerprint density at radius 1 is 1.16 bits per heavy atom. The molecule has 160 valence electrons. The summed E-state index contributed by atoms with van der Waals surface area (Å²) < 4.78 is 29.9. The monoisotopic (exact) mass is 480 g/mol. The molecule has 0 spiro atoms. The van der Waals surface area contributed by atoms with Crippen molar-refractivity contribution in [3.63, 3.8) is 0 Å². The van der Waals surface area contributed by atoms with Gasteiger partial charge in [0.25, 0.3) is 5.91 Å². The summed E-state index contributed by atoms with van der Waals surface area (Å²) >= 11 is 13.2. The molecule has 0 saturated heterocycles. The van der Waals surface area contributed by atoms with Crippen LogP contribution in [0.25, 0.3) is 10.2 Å². The Morgan fingerprint density at radius 2 is 1.94 bits per heavy atom. The number of carbonyl (C=O) groups is 1. The maximum Gasteiger partial charge on any atom is 0.261 e. The van der Waals surface area contributed by atoms with Crippen molar-refractivity contribution in [3.8, 4) is 0 Å². The first kappa shape index (κ1) is 21.7. The Balaban J connectivity index is 1.75. The van der Waals surface area contributed by atoms with Crippen LogP contribution in [0.2, 0.25) is 10.0 Å². The van der Waals surface area contributed by atoms with Gasteiger partial charge in [0.05, 0.1) is 27.5 Å². The smallest absolute Gasteiger partial charge is 0.261 e. The molecule has 0 saturated carbocycles. The van der Waals surface area contributed by atoms with Crippen molar-refractivity contribution in [2.45, 2.75) is 20.4 Å². The first-order valence-electron chi connectivity index (χ1n) is 9.26. The van der Waals surface area contributed by atoms with E-state index in [1.165, 1.54) is 23.1 Å². The number of carbonyl (C=O) groups excluding carboxylic acids is 1. The lowest BCUT2D eigenvalue weighted by Gasteiger charge is -2.21. The number of amides is 1. The van der Waals surface area contributed by atoms with Crippen molar-refractivity contribution in [3.05, 3.63) is 75.0 Å². The number of hydrogen-bond donors (Lipinski definition) is 0. The minimum atomic E-state index is -0.784. The lowest BCUT2D eigenvalue weighted by atomic mass is 10.2. The van der Waals surface area contributed by atoms with Gasteiger partial charge in [-0.2, -0.15) is 5.10 Å². The van der Waals surface area contributed by atoms with Crippen molar-refractivity contribution < 1.29 is 13.6 Å². The number of hydrogen-bond acceptors (Lipinski definition) is 4. The van der Waals surface area contributed by atoms with Gasteiger partial charge < -0.3 is 0 Å².